The van der Waals surface area contributed by atoms with Crippen molar-refractivity contribution in [1.29, 1.82) is 0 Å². The lowest BCUT2D eigenvalue weighted by atomic mass is 10.1. The van der Waals surface area contributed by atoms with Crippen LogP contribution in [0.4, 0.5) is 0 Å². The monoisotopic (exact) mass is 231 g/mol. The topological polar surface area (TPSA) is 38.3 Å². The standard InChI is InChI=1S/C14H17NO2/c1-11-2-4-13(5-3-11)17-14(16)10-12-6-8-15-9-7-12/h2-6,15H,7-10H2,1H3. The number of rotatable bonds is 3. The molecule has 0 fully saturated rings. The van der Waals surface area contributed by atoms with Gasteiger partial charge in [0, 0.05) is 6.54 Å². The predicted octanol–water partition coefficient (Wildman–Crippen LogP) is 2.21. The molecule has 0 atom stereocenters. The van der Waals surface area contributed by atoms with Gasteiger partial charge < -0.3 is 10.1 Å². The Hall–Kier alpha value is -1.61. The molecule has 0 spiro atoms. The van der Waals surface area contributed by atoms with E-state index in [4.69, 9.17) is 4.74 Å². The van der Waals surface area contributed by atoms with E-state index in [9.17, 15) is 4.79 Å². The van der Waals surface area contributed by atoms with Gasteiger partial charge in [0.15, 0.2) is 0 Å². The molecule has 0 aromatic heterocycles. The molecule has 1 aliphatic rings. The SMILES string of the molecule is Cc1ccc(OC(=O)CC2=CCNCC2)cc1. The zero-order valence-corrected chi connectivity index (χ0v) is 10.0. The molecule has 1 aromatic carbocycles. The van der Waals surface area contributed by atoms with Gasteiger partial charge in [-0.3, -0.25) is 4.79 Å². The Labute approximate surface area is 101 Å². The molecule has 1 heterocycles. The van der Waals surface area contributed by atoms with Crippen LogP contribution in [0, 0.1) is 6.92 Å². The van der Waals surface area contributed by atoms with Crippen LogP contribution >= 0.6 is 0 Å². The number of benzene rings is 1. The molecule has 90 valence electrons. The minimum atomic E-state index is -0.179. The maximum atomic E-state index is 11.7. The number of ether oxygens (including phenoxy) is 1. The van der Waals surface area contributed by atoms with Crippen LogP contribution in [0.5, 0.6) is 5.75 Å². The summed E-state index contributed by atoms with van der Waals surface area (Å²) in [5.41, 5.74) is 2.33. The Kier molecular flexibility index (Phi) is 3.94. The first kappa shape index (κ1) is 11.9. The minimum Gasteiger partial charge on any atom is -0.426 e. The molecular weight excluding hydrogens is 214 g/mol. The summed E-state index contributed by atoms with van der Waals surface area (Å²) in [7, 11) is 0. The summed E-state index contributed by atoms with van der Waals surface area (Å²) in [6, 6.07) is 7.52. The van der Waals surface area contributed by atoms with Crippen LogP contribution in [0.2, 0.25) is 0 Å². The van der Waals surface area contributed by atoms with Crippen molar-refractivity contribution in [2.45, 2.75) is 19.8 Å². The fourth-order valence-corrected chi connectivity index (χ4v) is 1.79. The molecule has 3 nitrogen and oxygen atoms in total. The zero-order chi connectivity index (χ0) is 12.1. The van der Waals surface area contributed by atoms with Gasteiger partial charge in [-0.15, -0.1) is 0 Å². The van der Waals surface area contributed by atoms with Crippen molar-refractivity contribution in [2.75, 3.05) is 13.1 Å². The Bertz CT molecular complexity index is 420. The maximum absolute atomic E-state index is 11.7. The lowest BCUT2D eigenvalue weighted by molar-refractivity contribution is -0.133. The quantitative estimate of drug-likeness (QED) is 0.492. The van der Waals surface area contributed by atoms with E-state index >= 15 is 0 Å². The van der Waals surface area contributed by atoms with Gasteiger partial charge in [-0.1, -0.05) is 29.3 Å². The fourth-order valence-electron chi connectivity index (χ4n) is 1.79. The summed E-state index contributed by atoms with van der Waals surface area (Å²) in [6.45, 7) is 3.81. The highest BCUT2D eigenvalue weighted by atomic mass is 16.5. The van der Waals surface area contributed by atoms with Crippen LogP contribution in [0.1, 0.15) is 18.4 Å². The maximum Gasteiger partial charge on any atom is 0.315 e. The molecule has 0 saturated carbocycles. The van der Waals surface area contributed by atoms with Crippen LogP contribution in [0.3, 0.4) is 0 Å². The van der Waals surface area contributed by atoms with Crippen LogP contribution in [0.15, 0.2) is 35.9 Å². The molecule has 0 aliphatic carbocycles. The third-order valence-electron chi connectivity index (χ3n) is 2.78. The van der Waals surface area contributed by atoms with E-state index in [-0.39, 0.29) is 5.97 Å². The van der Waals surface area contributed by atoms with Crippen molar-refractivity contribution < 1.29 is 9.53 Å². The first-order valence-corrected chi connectivity index (χ1v) is 5.90. The first-order valence-electron chi connectivity index (χ1n) is 5.90. The summed E-state index contributed by atoms with van der Waals surface area (Å²) >= 11 is 0. The van der Waals surface area contributed by atoms with Crippen LogP contribution in [0.25, 0.3) is 0 Å². The smallest absolute Gasteiger partial charge is 0.315 e. The minimum absolute atomic E-state index is 0.179. The lowest BCUT2D eigenvalue weighted by Crippen LogP contribution is -2.22. The van der Waals surface area contributed by atoms with Gasteiger partial charge in [0.1, 0.15) is 5.75 Å². The summed E-state index contributed by atoms with van der Waals surface area (Å²) < 4.78 is 5.27. The Morgan fingerprint density at radius 3 is 2.76 bits per heavy atom. The molecule has 1 aliphatic heterocycles. The Morgan fingerprint density at radius 2 is 2.12 bits per heavy atom. The second-order valence-electron chi connectivity index (χ2n) is 4.28. The summed E-state index contributed by atoms with van der Waals surface area (Å²) in [5.74, 6) is 0.442. The second kappa shape index (κ2) is 5.64. The van der Waals surface area contributed by atoms with Gasteiger partial charge in [-0.2, -0.15) is 0 Å². The summed E-state index contributed by atoms with van der Waals surface area (Å²) in [6.07, 6.45) is 3.40. The van der Waals surface area contributed by atoms with E-state index in [2.05, 4.69) is 11.4 Å². The number of esters is 1. The van der Waals surface area contributed by atoms with E-state index < -0.39 is 0 Å². The van der Waals surface area contributed by atoms with Gasteiger partial charge in [0.25, 0.3) is 0 Å². The van der Waals surface area contributed by atoms with E-state index in [1.807, 2.05) is 31.2 Å². The molecule has 0 unspecified atom stereocenters. The van der Waals surface area contributed by atoms with Crippen LogP contribution in [-0.2, 0) is 4.79 Å². The van der Waals surface area contributed by atoms with Crippen molar-refractivity contribution in [3.8, 4) is 5.75 Å². The summed E-state index contributed by atoms with van der Waals surface area (Å²) in [4.78, 5) is 11.7. The molecule has 2 rings (SSSR count). The average molecular weight is 231 g/mol. The average Bonchev–Trinajstić information content (AvgIpc) is 2.33. The van der Waals surface area contributed by atoms with E-state index in [0.29, 0.717) is 12.2 Å². The number of hydrogen-bond donors (Lipinski definition) is 1. The fraction of sp³-hybridized carbons (Fsp3) is 0.357. The zero-order valence-electron chi connectivity index (χ0n) is 10.0. The molecule has 17 heavy (non-hydrogen) atoms. The van der Waals surface area contributed by atoms with Crippen molar-refractivity contribution in [2.24, 2.45) is 0 Å². The summed E-state index contributed by atoms with van der Waals surface area (Å²) in [5, 5.41) is 3.22. The van der Waals surface area contributed by atoms with Gasteiger partial charge in [-0.05, 0) is 32.0 Å². The number of carbonyl (C=O) groups is 1. The molecule has 1 aromatic rings. The first-order chi connectivity index (χ1) is 8.24. The number of hydrogen-bond acceptors (Lipinski definition) is 3. The van der Waals surface area contributed by atoms with Gasteiger partial charge in [-0.25, -0.2) is 0 Å². The molecule has 0 radical (unpaired) electrons. The molecule has 0 amide bonds. The van der Waals surface area contributed by atoms with Gasteiger partial charge in [0.05, 0.1) is 6.42 Å². The lowest BCUT2D eigenvalue weighted by Gasteiger charge is -2.13. The van der Waals surface area contributed by atoms with Gasteiger partial charge >= 0.3 is 5.97 Å². The highest BCUT2D eigenvalue weighted by Gasteiger charge is 2.10. The normalized spacial score (nSPS) is 15.2. The van der Waals surface area contributed by atoms with Gasteiger partial charge in [0.2, 0.25) is 0 Å². The number of carbonyl (C=O) groups excluding carboxylic acids is 1. The van der Waals surface area contributed by atoms with E-state index in [1.54, 1.807) is 0 Å². The molecular formula is C14H17NO2. The van der Waals surface area contributed by atoms with Crippen LogP contribution in [-0.4, -0.2) is 19.1 Å². The van der Waals surface area contributed by atoms with Crippen molar-refractivity contribution in [3.05, 3.63) is 41.5 Å². The molecule has 0 bridgehead atoms. The number of nitrogens with one attached hydrogen (secondary N) is 1. The third-order valence-corrected chi connectivity index (χ3v) is 2.78. The Morgan fingerprint density at radius 1 is 1.35 bits per heavy atom. The third kappa shape index (κ3) is 3.71. The van der Waals surface area contributed by atoms with E-state index in [0.717, 1.165) is 25.1 Å². The molecule has 3 heteroatoms. The molecule has 1 N–H and O–H groups in total. The molecule has 0 saturated heterocycles. The van der Waals surface area contributed by atoms with Crippen molar-refractivity contribution in [3.63, 3.8) is 0 Å². The largest absolute Gasteiger partial charge is 0.426 e. The number of aryl methyl sites for hydroxylation is 1. The predicted molar refractivity (Wildman–Crippen MR) is 67.0 cm³/mol. The highest BCUT2D eigenvalue weighted by molar-refractivity contribution is 5.75. The van der Waals surface area contributed by atoms with Crippen molar-refractivity contribution >= 4 is 5.97 Å². The van der Waals surface area contributed by atoms with Crippen molar-refractivity contribution in [1.82, 2.24) is 5.32 Å². The second-order valence-corrected chi connectivity index (χ2v) is 4.28. The van der Waals surface area contributed by atoms with Crippen LogP contribution < -0.4 is 10.1 Å². The van der Waals surface area contributed by atoms with E-state index in [1.165, 1.54) is 5.57 Å². The Balaban J connectivity index is 1.88. The highest BCUT2D eigenvalue weighted by Crippen LogP contribution is 2.15.